The highest BCUT2D eigenvalue weighted by atomic mass is 35.5. The van der Waals surface area contributed by atoms with Crippen LogP contribution in [0.3, 0.4) is 0 Å². The summed E-state index contributed by atoms with van der Waals surface area (Å²) in [5.41, 5.74) is 1.11. The van der Waals surface area contributed by atoms with E-state index in [-0.39, 0.29) is 25.3 Å². The summed E-state index contributed by atoms with van der Waals surface area (Å²) >= 11 is 6.30. The highest BCUT2D eigenvalue weighted by Gasteiger charge is 2.48. The molecule has 0 bridgehead atoms. The Morgan fingerprint density at radius 3 is 2.90 bits per heavy atom. The third kappa shape index (κ3) is 3.26. The molecule has 2 aromatic rings. The summed E-state index contributed by atoms with van der Waals surface area (Å²) < 4.78 is 16.8. The summed E-state index contributed by atoms with van der Waals surface area (Å²) in [6, 6.07) is 5.37. The molecule has 1 aromatic heterocycles. The topological polar surface area (TPSA) is 81.1 Å². The average molecular weight is 431 g/mol. The molecular formula is C22H23ClN2O5. The summed E-state index contributed by atoms with van der Waals surface area (Å²) in [5.74, 6) is 1.58. The van der Waals surface area contributed by atoms with Gasteiger partial charge in [-0.2, -0.15) is 0 Å². The maximum absolute atomic E-state index is 13.4. The van der Waals surface area contributed by atoms with Crippen molar-refractivity contribution in [1.29, 1.82) is 0 Å². The second-order valence-corrected chi connectivity index (χ2v) is 8.98. The van der Waals surface area contributed by atoms with Crippen molar-refractivity contribution in [1.82, 2.24) is 9.88 Å². The first kappa shape index (κ1) is 19.5. The van der Waals surface area contributed by atoms with E-state index in [2.05, 4.69) is 4.98 Å². The fourth-order valence-electron chi connectivity index (χ4n) is 4.49. The van der Waals surface area contributed by atoms with Gasteiger partial charge in [0.25, 0.3) is 11.8 Å². The number of nitrogens with zero attached hydrogens (tertiary/aromatic N) is 2. The van der Waals surface area contributed by atoms with Crippen LogP contribution in [-0.2, 0) is 13.2 Å². The number of rotatable bonds is 6. The van der Waals surface area contributed by atoms with Crippen LogP contribution in [-0.4, -0.2) is 39.3 Å². The van der Waals surface area contributed by atoms with Gasteiger partial charge in [-0.15, -0.1) is 0 Å². The Bertz CT molecular complexity index is 1020. The zero-order valence-electron chi connectivity index (χ0n) is 16.9. The van der Waals surface area contributed by atoms with Gasteiger partial charge in [0.1, 0.15) is 12.4 Å². The predicted molar refractivity (Wildman–Crippen MR) is 109 cm³/mol. The molecule has 1 aromatic carbocycles. The number of pyridine rings is 1. The summed E-state index contributed by atoms with van der Waals surface area (Å²) in [6.07, 6.45) is 3.57. The number of carbonyl (C=O) groups excluding carboxylic acids is 1. The molecular weight excluding hydrogens is 408 g/mol. The van der Waals surface area contributed by atoms with E-state index in [1.54, 1.807) is 24.8 Å². The predicted octanol–water partition coefficient (Wildman–Crippen LogP) is 3.55. The van der Waals surface area contributed by atoms with Gasteiger partial charge in [0.15, 0.2) is 5.75 Å². The van der Waals surface area contributed by atoms with Crippen LogP contribution in [0.5, 0.6) is 17.4 Å². The summed E-state index contributed by atoms with van der Waals surface area (Å²) in [6.45, 7) is 4.23. The van der Waals surface area contributed by atoms with Crippen molar-refractivity contribution in [3.05, 3.63) is 46.1 Å². The number of carbonyl (C=O) groups is 1. The van der Waals surface area contributed by atoms with Gasteiger partial charge in [0.05, 0.1) is 34.0 Å². The first-order chi connectivity index (χ1) is 14.3. The number of benzene rings is 1. The summed E-state index contributed by atoms with van der Waals surface area (Å²) in [5, 5.41) is 11.1. The molecule has 30 heavy (non-hydrogen) atoms. The molecule has 7 nitrogen and oxygen atoms in total. The molecule has 1 N–H and O–H groups in total. The van der Waals surface area contributed by atoms with Crippen LogP contribution in [0.25, 0.3) is 0 Å². The number of halogens is 1. The van der Waals surface area contributed by atoms with Crippen LogP contribution in [0.2, 0.25) is 5.02 Å². The monoisotopic (exact) mass is 430 g/mol. The maximum Gasteiger partial charge on any atom is 0.260 e. The van der Waals surface area contributed by atoms with Crippen LogP contribution in [0.4, 0.5) is 0 Å². The van der Waals surface area contributed by atoms with Gasteiger partial charge in [-0.25, -0.2) is 4.98 Å². The van der Waals surface area contributed by atoms with Gasteiger partial charge in [0, 0.05) is 6.54 Å². The van der Waals surface area contributed by atoms with Gasteiger partial charge in [-0.3, -0.25) is 4.79 Å². The van der Waals surface area contributed by atoms with Crippen LogP contribution < -0.4 is 14.2 Å². The molecule has 1 amide bonds. The van der Waals surface area contributed by atoms with Crippen LogP contribution in [0.1, 0.15) is 48.2 Å². The van der Waals surface area contributed by atoms with E-state index in [4.69, 9.17) is 25.8 Å². The SMILES string of the molecule is CC(C)(O)C(C1CC1)N1Cc2cccc(OCc3c(Cl)cnc4c3OCO4)c2C1=O. The Balaban J connectivity index is 1.42. The lowest BCUT2D eigenvalue weighted by atomic mass is 9.93. The van der Waals surface area contributed by atoms with Gasteiger partial charge in [-0.05, 0) is 44.2 Å². The third-order valence-electron chi connectivity index (χ3n) is 5.88. The normalized spacial score (nSPS) is 18.5. The van der Waals surface area contributed by atoms with Gasteiger partial charge < -0.3 is 24.2 Å². The molecule has 3 aliphatic rings. The largest absolute Gasteiger partial charge is 0.488 e. The quantitative estimate of drug-likeness (QED) is 0.754. The van der Waals surface area contributed by atoms with Crippen molar-refractivity contribution in [2.75, 3.05) is 6.79 Å². The molecule has 3 heterocycles. The fraction of sp³-hybridized carbons (Fsp3) is 0.455. The number of aromatic nitrogens is 1. The zero-order chi connectivity index (χ0) is 21.0. The molecule has 0 saturated heterocycles. The summed E-state index contributed by atoms with van der Waals surface area (Å²) in [4.78, 5) is 19.3. The number of aliphatic hydroxyl groups is 1. The van der Waals surface area contributed by atoms with Crippen LogP contribution in [0.15, 0.2) is 24.4 Å². The van der Waals surface area contributed by atoms with Crippen LogP contribution in [0, 0.1) is 5.92 Å². The Hall–Kier alpha value is -2.51. The second kappa shape index (κ2) is 7.03. The van der Waals surface area contributed by atoms with E-state index >= 15 is 0 Å². The molecule has 0 spiro atoms. The third-order valence-corrected chi connectivity index (χ3v) is 6.20. The number of fused-ring (bicyclic) bond motifs is 2. The molecule has 8 heteroatoms. The van der Waals surface area contributed by atoms with Crippen molar-refractivity contribution >= 4 is 17.5 Å². The molecule has 158 valence electrons. The van der Waals surface area contributed by atoms with Gasteiger partial charge in [-0.1, -0.05) is 23.7 Å². The van der Waals surface area contributed by atoms with Gasteiger partial charge >= 0.3 is 0 Å². The molecule has 1 atom stereocenters. The molecule has 5 rings (SSSR count). The minimum absolute atomic E-state index is 0.0867. The number of hydrogen-bond donors (Lipinski definition) is 1. The summed E-state index contributed by atoms with van der Waals surface area (Å²) in [7, 11) is 0. The maximum atomic E-state index is 13.4. The Morgan fingerprint density at radius 2 is 2.17 bits per heavy atom. The smallest absolute Gasteiger partial charge is 0.260 e. The second-order valence-electron chi connectivity index (χ2n) is 8.57. The van der Waals surface area contributed by atoms with E-state index in [1.165, 1.54) is 6.20 Å². The first-order valence-electron chi connectivity index (χ1n) is 10.1. The lowest BCUT2D eigenvalue weighted by molar-refractivity contribution is -0.0224. The number of hydrogen-bond acceptors (Lipinski definition) is 6. The van der Waals surface area contributed by atoms with Crippen LogP contribution >= 0.6 is 11.6 Å². The van der Waals surface area contributed by atoms with E-state index in [0.29, 0.717) is 46.0 Å². The zero-order valence-corrected chi connectivity index (χ0v) is 17.6. The first-order valence-corrected chi connectivity index (χ1v) is 10.4. The van der Waals surface area contributed by atoms with Crippen molar-refractivity contribution in [3.63, 3.8) is 0 Å². The Morgan fingerprint density at radius 1 is 1.37 bits per heavy atom. The van der Waals surface area contributed by atoms with E-state index in [9.17, 15) is 9.90 Å². The molecule has 1 fully saturated rings. The Labute approximate surface area is 179 Å². The molecule has 2 aliphatic heterocycles. The van der Waals surface area contributed by atoms with Gasteiger partial charge in [0.2, 0.25) is 6.79 Å². The molecule has 1 unspecified atom stereocenters. The standard InChI is InChI=1S/C22H23ClN2O5/c1-22(2,27)19(12-6-7-12)25-9-13-4-3-5-16(17(13)21(25)26)28-10-14-15(23)8-24-20-18(14)29-11-30-20/h3-5,8,12,19,27H,6-7,9-11H2,1-2H3. The minimum atomic E-state index is -0.970. The van der Waals surface area contributed by atoms with Crippen molar-refractivity contribution in [3.8, 4) is 17.4 Å². The molecule has 0 radical (unpaired) electrons. The van der Waals surface area contributed by atoms with E-state index < -0.39 is 5.60 Å². The molecule has 1 aliphatic carbocycles. The highest BCUT2D eigenvalue weighted by molar-refractivity contribution is 6.31. The Kier molecular flexibility index (Phi) is 4.56. The molecule has 1 saturated carbocycles. The van der Waals surface area contributed by atoms with Crippen molar-refractivity contribution in [2.45, 2.75) is 51.5 Å². The highest BCUT2D eigenvalue weighted by Crippen LogP contribution is 2.44. The average Bonchev–Trinajstić information content (AvgIpc) is 3.29. The lowest BCUT2D eigenvalue weighted by Gasteiger charge is -2.37. The van der Waals surface area contributed by atoms with E-state index in [0.717, 1.165) is 18.4 Å². The minimum Gasteiger partial charge on any atom is -0.488 e. The number of amides is 1. The number of ether oxygens (including phenoxy) is 3. The van der Waals surface area contributed by atoms with Crippen molar-refractivity contribution < 1.29 is 24.1 Å². The fourth-order valence-corrected chi connectivity index (χ4v) is 4.68. The van der Waals surface area contributed by atoms with Crippen molar-refractivity contribution in [2.24, 2.45) is 5.92 Å². The van der Waals surface area contributed by atoms with E-state index in [1.807, 2.05) is 12.1 Å². The lowest BCUT2D eigenvalue weighted by Crippen LogP contribution is -2.51.